The Bertz CT molecular complexity index is 954. The molecule has 0 saturated heterocycles. The van der Waals surface area contributed by atoms with Crippen molar-refractivity contribution in [3.05, 3.63) is 59.4 Å². The van der Waals surface area contributed by atoms with E-state index < -0.39 is 0 Å². The number of nitrogens with one attached hydrogen (secondary N) is 1. The summed E-state index contributed by atoms with van der Waals surface area (Å²) in [6.07, 6.45) is 7.51. The Kier molecular flexibility index (Phi) is 4.94. The van der Waals surface area contributed by atoms with E-state index in [1.54, 1.807) is 12.3 Å². The second-order valence-electron chi connectivity index (χ2n) is 7.39. The van der Waals surface area contributed by atoms with Crippen LogP contribution in [0.15, 0.2) is 42.6 Å². The van der Waals surface area contributed by atoms with Crippen LogP contribution in [0, 0.1) is 6.92 Å². The van der Waals surface area contributed by atoms with Gasteiger partial charge in [-0.1, -0.05) is 49.1 Å². The van der Waals surface area contributed by atoms with Crippen LogP contribution >= 0.6 is 0 Å². The molecule has 1 amide bonds. The number of hydrogen-bond acceptors (Lipinski definition) is 3. The van der Waals surface area contributed by atoms with Crippen LogP contribution in [0.2, 0.25) is 0 Å². The number of hydrogen-bond donors (Lipinski definition) is 2. The minimum atomic E-state index is -0.141. The van der Waals surface area contributed by atoms with Gasteiger partial charge in [0.15, 0.2) is 0 Å². The number of pyridine rings is 1. The first-order valence-electron chi connectivity index (χ1n) is 9.65. The molecule has 1 fully saturated rings. The molecule has 27 heavy (non-hydrogen) atoms. The fourth-order valence-corrected chi connectivity index (χ4v) is 3.84. The van der Waals surface area contributed by atoms with Crippen molar-refractivity contribution in [1.82, 2.24) is 14.7 Å². The first kappa shape index (κ1) is 17.7. The molecule has 4 rings (SSSR count). The first-order valence-corrected chi connectivity index (χ1v) is 9.65. The average molecular weight is 363 g/mol. The van der Waals surface area contributed by atoms with E-state index in [1.807, 2.05) is 41.7 Å². The van der Waals surface area contributed by atoms with Crippen LogP contribution in [0.1, 0.15) is 53.7 Å². The normalized spacial score (nSPS) is 15.2. The molecule has 3 aromatic rings. The minimum absolute atomic E-state index is 0.0572. The van der Waals surface area contributed by atoms with Crippen LogP contribution in [0.5, 0.6) is 0 Å². The molecule has 0 unspecified atom stereocenters. The van der Waals surface area contributed by atoms with Crippen LogP contribution in [0.4, 0.5) is 0 Å². The van der Waals surface area contributed by atoms with Crippen molar-refractivity contribution in [2.75, 3.05) is 0 Å². The van der Waals surface area contributed by atoms with Gasteiger partial charge in [-0.05, 0) is 31.9 Å². The number of nitrogens with zero attached hydrogens (tertiary/aromatic N) is 2. The van der Waals surface area contributed by atoms with Gasteiger partial charge in [0.25, 0.3) is 5.91 Å². The molecule has 1 aliphatic carbocycles. The summed E-state index contributed by atoms with van der Waals surface area (Å²) in [5.41, 5.74) is 4.90. The molecule has 2 N–H and O–H groups in total. The van der Waals surface area contributed by atoms with Gasteiger partial charge >= 0.3 is 0 Å². The molecule has 0 radical (unpaired) electrons. The molecule has 1 saturated carbocycles. The summed E-state index contributed by atoms with van der Waals surface area (Å²) in [6, 6.07) is 12.0. The molecule has 1 aromatic carbocycles. The minimum Gasteiger partial charge on any atom is -0.390 e. The smallest absolute Gasteiger partial charge is 0.252 e. The number of rotatable bonds is 4. The lowest BCUT2D eigenvalue weighted by atomic mass is 9.95. The Morgan fingerprint density at radius 3 is 2.59 bits per heavy atom. The summed E-state index contributed by atoms with van der Waals surface area (Å²) in [5.74, 6) is -0.0572. The predicted molar refractivity (Wildman–Crippen MR) is 106 cm³/mol. The lowest BCUT2D eigenvalue weighted by Crippen LogP contribution is -2.36. The highest BCUT2D eigenvalue weighted by Gasteiger charge is 2.19. The number of imidazole rings is 1. The van der Waals surface area contributed by atoms with E-state index in [0.29, 0.717) is 11.3 Å². The Morgan fingerprint density at radius 1 is 1.15 bits per heavy atom. The number of aliphatic hydroxyl groups excluding tert-OH is 1. The van der Waals surface area contributed by atoms with Gasteiger partial charge < -0.3 is 14.8 Å². The second-order valence-corrected chi connectivity index (χ2v) is 7.39. The summed E-state index contributed by atoms with van der Waals surface area (Å²) in [5, 5.41) is 13.1. The molecule has 1 aliphatic rings. The molecule has 0 bridgehead atoms. The van der Waals surface area contributed by atoms with Crippen molar-refractivity contribution in [3.63, 3.8) is 0 Å². The third-order valence-corrected chi connectivity index (χ3v) is 5.39. The molecule has 0 spiro atoms. The van der Waals surface area contributed by atoms with Crippen LogP contribution in [0.25, 0.3) is 16.9 Å². The first-order chi connectivity index (χ1) is 13.2. The van der Waals surface area contributed by atoms with Gasteiger partial charge in [0.1, 0.15) is 5.65 Å². The van der Waals surface area contributed by atoms with E-state index in [0.717, 1.165) is 29.7 Å². The number of amides is 1. The van der Waals surface area contributed by atoms with Crippen molar-refractivity contribution < 1.29 is 9.90 Å². The molecule has 5 heteroatoms. The summed E-state index contributed by atoms with van der Waals surface area (Å²) < 4.78 is 1.82. The fraction of sp³-hybridized carbons (Fsp3) is 0.364. The van der Waals surface area contributed by atoms with Crippen molar-refractivity contribution >= 4 is 11.6 Å². The number of aromatic nitrogens is 2. The van der Waals surface area contributed by atoms with Crippen LogP contribution in [0.3, 0.4) is 0 Å². The van der Waals surface area contributed by atoms with Gasteiger partial charge in [-0.25, -0.2) is 4.98 Å². The van der Waals surface area contributed by atoms with Crippen molar-refractivity contribution in [2.45, 2.75) is 51.7 Å². The fourth-order valence-electron chi connectivity index (χ4n) is 3.84. The Labute approximate surface area is 159 Å². The van der Waals surface area contributed by atoms with E-state index in [1.165, 1.54) is 24.8 Å². The van der Waals surface area contributed by atoms with E-state index in [9.17, 15) is 9.90 Å². The third-order valence-electron chi connectivity index (χ3n) is 5.39. The predicted octanol–water partition coefficient (Wildman–Crippen LogP) is 3.86. The third kappa shape index (κ3) is 3.60. The highest BCUT2D eigenvalue weighted by molar-refractivity contribution is 5.94. The zero-order valence-electron chi connectivity index (χ0n) is 15.6. The maximum absolute atomic E-state index is 12.7. The summed E-state index contributed by atoms with van der Waals surface area (Å²) in [4.78, 5) is 17.3. The number of fused-ring (bicyclic) bond motifs is 1. The lowest BCUT2D eigenvalue weighted by Gasteiger charge is -2.22. The molecule has 140 valence electrons. The number of benzene rings is 1. The Morgan fingerprint density at radius 2 is 1.89 bits per heavy atom. The van der Waals surface area contributed by atoms with Crippen LogP contribution < -0.4 is 5.32 Å². The molecule has 0 atom stereocenters. The number of aryl methyl sites for hydroxylation is 1. The van der Waals surface area contributed by atoms with E-state index in [-0.39, 0.29) is 18.6 Å². The van der Waals surface area contributed by atoms with Crippen LogP contribution in [-0.4, -0.2) is 26.4 Å². The monoisotopic (exact) mass is 363 g/mol. The highest BCUT2D eigenvalue weighted by Crippen LogP contribution is 2.25. The SMILES string of the molecule is Cc1ccc(-c2nc3ccc(C(=O)NC4CCCCC4)cn3c2CO)cc1. The van der Waals surface area contributed by atoms with Gasteiger partial charge in [-0.15, -0.1) is 0 Å². The standard InChI is InChI=1S/C22H25N3O2/c1-15-7-9-16(10-8-15)21-19(14-26)25-13-17(11-12-20(25)24-21)22(27)23-18-5-3-2-4-6-18/h7-13,18,26H,2-6,14H2,1H3,(H,23,27). The summed E-state index contributed by atoms with van der Waals surface area (Å²) in [6.45, 7) is 1.90. The van der Waals surface area contributed by atoms with E-state index in [2.05, 4.69) is 10.3 Å². The Hall–Kier alpha value is -2.66. The zero-order valence-corrected chi connectivity index (χ0v) is 15.6. The summed E-state index contributed by atoms with van der Waals surface area (Å²) >= 11 is 0. The summed E-state index contributed by atoms with van der Waals surface area (Å²) in [7, 11) is 0. The van der Waals surface area contributed by atoms with E-state index in [4.69, 9.17) is 0 Å². The van der Waals surface area contributed by atoms with Gasteiger partial charge in [0, 0.05) is 17.8 Å². The molecule has 2 heterocycles. The quantitative estimate of drug-likeness (QED) is 0.740. The Balaban J connectivity index is 1.67. The molecular formula is C22H25N3O2. The molecule has 2 aromatic heterocycles. The van der Waals surface area contributed by atoms with E-state index >= 15 is 0 Å². The van der Waals surface area contributed by atoms with Gasteiger partial charge in [-0.2, -0.15) is 0 Å². The van der Waals surface area contributed by atoms with Crippen molar-refractivity contribution in [3.8, 4) is 11.3 Å². The average Bonchev–Trinajstić information content (AvgIpc) is 3.07. The topological polar surface area (TPSA) is 66.6 Å². The molecule has 0 aliphatic heterocycles. The zero-order chi connectivity index (χ0) is 18.8. The van der Waals surface area contributed by atoms with Gasteiger partial charge in [0.2, 0.25) is 0 Å². The maximum atomic E-state index is 12.7. The number of carbonyl (C=O) groups excluding carboxylic acids is 1. The number of aliphatic hydroxyl groups is 1. The van der Waals surface area contributed by atoms with Crippen molar-refractivity contribution in [1.29, 1.82) is 0 Å². The number of carbonyl (C=O) groups is 1. The van der Waals surface area contributed by atoms with Gasteiger partial charge in [0.05, 0.1) is 23.6 Å². The maximum Gasteiger partial charge on any atom is 0.252 e. The molecular weight excluding hydrogens is 338 g/mol. The van der Waals surface area contributed by atoms with Crippen molar-refractivity contribution in [2.24, 2.45) is 0 Å². The largest absolute Gasteiger partial charge is 0.390 e. The van der Waals surface area contributed by atoms with Crippen LogP contribution in [-0.2, 0) is 6.61 Å². The second kappa shape index (κ2) is 7.53. The lowest BCUT2D eigenvalue weighted by molar-refractivity contribution is 0.0927. The molecule has 5 nitrogen and oxygen atoms in total. The van der Waals surface area contributed by atoms with Gasteiger partial charge in [-0.3, -0.25) is 4.79 Å². The highest BCUT2D eigenvalue weighted by atomic mass is 16.3.